The van der Waals surface area contributed by atoms with E-state index in [-0.39, 0.29) is 0 Å². The summed E-state index contributed by atoms with van der Waals surface area (Å²) in [6, 6.07) is 18.5. The van der Waals surface area contributed by atoms with Gasteiger partial charge in [0.05, 0.1) is 5.69 Å². The van der Waals surface area contributed by atoms with Crippen LogP contribution in [0.3, 0.4) is 0 Å². The molecule has 0 unspecified atom stereocenters. The molecule has 0 aliphatic rings. The first-order valence-electron chi connectivity index (χ1n) is 6.84. The Morgan fingerprint density at radius 2 is 1.65 bits per heavy atom. The van der Waals surface area contributed by atoms with Gasteiger partial charge >= 0.3 is 0 Å². The Hall–Kier alpha value is -2.48. The molecule has 2 heteroatoms. The average Bonchev–Trinajstić information content (AvgIpc) is 2.56. The highest BCUT2D eigenvalue weighted by atomic mass is 14.7. The van der Waals surface area contributed by atoms with Gasteiger partial charge in [-0.15, -0.1) is 0 Å². The summed E-state index contributed by atoms with van der Waals surface area (Å²) in [4.78, 5) is 9.02. The summed E-state index contributed by atoms with van der Waals surface area (Å²) in [5, 5.41) is 0. The quantitative estimate of drug-likeness (QED) is 0.698. The van der Waals surface area contributed by atoms with Crippen LogP contribution in [0, 0.1) is 0 Å². The third-order valence-corrected chi connectivity index (χ3v) is 3.35. The molecular weight excluding hydrogens is 244 g/mol. The van der Waals surface area contributed by atoms with Gasteiger partial charge < -0.3 is 0 Å². The lowest BCUT2D eigenvalue weighted by Crippen LogP contribution is -1.91. The molecule has 0 atom stereocenters. The molecular formula is C18H16N2. The molecule has 0 N–H and O–H groups in total. The Morgan fingerprint density at radius 3 is 2.35 bits per heavy atom. The summed E-state index contributed by atoms with van der Waals surface area (Å²) in [6.45, 7) is 2.11. The van der Waals surface area contributed by atoms with E-state index in [1.54, 1.807) is 0 Å². The van der Waals surface area contributed by atoms with E-state index < -0.39 is 0 Å². The van der Waals surface area contributed by atoms with E-state index in [2.05, 4.69) is 47.2 Å². The van der Waals surface area contributed by atoms with Crippen LogP contribution in [0.25, 0.3) is 22.4 Å². The van der Waals surface area contributed by atoms with Gasteiger partial charge in [-0.3, -0.25) is 9.97 Å². The van der Waals surface area contributed by atoms with Gasteiger partial charge in [0.2, 0.25) is 0 Å². The number of hydrogen-bond acceptors (Lipinski definition) is 2. The normalized spacial score (nSPS) is 10.4. The second kappa shape index (κ2) is 5.66. The van der Waals surface area contributed by atoms with Crippen LogP contribution in [0.2, 0.25) is 0 Å². The lowest BCUT2D eigenvalue weighted by atomic mass is 10.0. The standard InChI is InChI=1S/C18H16N2/c1-2-16-11-10-15(13-20-16)17-9-6-12-19-18(17)14-7-4-3-5-8-14/h3-13H,2H2,1H3. The van der Waals surface area contributed by atoms with Gasteiger partial charge in [-0.25, -0.2) is 0 Å². The third-order valence-electron chi connectivity index (χ3n) is 3.35. The molecule has 2 aromatic heterocycles. The fourth-order valence-electron chi connectivity index (χ4n) is 2.26. The Bertz CT molecular complexity index is 688. The van der Waals surface area contributed by atoms with Gasteiger partial charge in [-0.05, 0) is 18.6 Å². The summed E-state index contributed by atoms with van der Waals surface area (Å²) in [5.41, 5.74) is 5.46. The van der Waals surface area contributed by atoms with Crippen molar-refractivity contribution in [2.45, 2.75) is 13.3 Å². The first kappa shape index (κ1) is 12.5. The van der Waals surface area contributed by atoms with Crippen molar-refractivity contribution >= 4 is 0 Å². The van der Waals surface area contributed by atoms with Gasteiger partial charge in [0, 0.05) is 34.8 Å². The Balaban J connectivity index is 2.10. The molecule has 0 aliphatic carbocycles. The van der Waals surface area contributed by atoms with E-state index in [0.717, 1.165) is 34.5 Å². The van der Waals surface area contributed by atoms with E-state index >= 15 is 0 Å². The van der Waals surface area contributed by atoms with Crippen LogP contribution in [-0.2, 0) is 6.42 Å². The smallest absolute Gasteiger partial charge is 0.0780 e. The molecule has 0 amide bonds. The fourth-order valence-corrected chi connectivity index (χ4v) is 2.26. The summed E-state index contributed by atoms with van der Waals surface area (Å²) >= 11 is 0. The van der Waals surface area contributed by atoms with Crippen LogP contribution < -0.4 is 0 Å². The molecule has 0 spiro atoms. The van der Waals surface area contributed by atoms with Crippen molar-refractivity contribution in [1.29, 1.82) is 0 Å². The number of aromatic nitrogens is 2. The molecule has 98 valence electrons. The van der Waals surface area contributed by atoms with Crippen LogP contribution in [0.5, 0.6) is 0 Å². The lowest BCUT2D eigenvalue weighted by Gasteiger charge is -2.09. The van der Waals surface area contributed by atoms with Gasteiger partial charge in [-0.2, -0.15) is 0 Å². The number of aryl methyl sites for hydroxylation is 1. The number of rotatable bonds is 3. The third kappa shape index (κ3) is 2.45. The maximum atomic E-state index is 4.54. The minimum atomic E-state index is 0.957. The topological polar surface area (TPSA) is 25.8 Å². The maximum Gasteiger partial charge on any atom is 0.0780 e. The summed E-state index contributed by atoms with van der Waals surface area (Å²) in [5.74, 6) is 0. The Morgan fingerprint density at radius 1 is 0.800 bits per heavy atom. The molecule has 0 saturated heterocycles. The van der Waals surface area contributed by atoms with Crippen molar-refractivity contribution in [3.63, 3.8) is 0 Å². The van der Waals surface area contributed by atoms with Crippen LogP contribution in [0.4, 0.5) is 0 Å². The average molecular weight is 260 g/mol. The van der Waals surface area contributed by atoms with Crippen molar-refractivity contribution in [3.05, 3.63) is 72.7 Å². The molecule has 2 heterocycles. The predicted octanol–water partition coefficient (Wildman–Crippen LogP) is 4.37. The van der Waals surface area contributed by atoms with Crippen molar-refractivity contribution in [2.75, 3.05) is 0 Å². The summed E-state index contributed by atoms with van der Waals surface area (Å²) in [6.07, 6.45) is 4.72. The zero-order chi connectivity index (χ0) is 13.8. The molecule has 3 rings (SSSR count). The monoisotopic (exact) mass is 260 g/mol. The Labute approximate surface area is 119 Å². The molecule has 0 aliphatic heterocycles. The van der Waals surface area contributed by atoms with Crippen LogP contribution >= 0.6 is 0 Å². The zero-order valence-corrected chi connectivity index (χ0v) is 11.5. The largest absolute Gasteiger partial charge is 0.261 e. The Kier molecular flexibility index (Phi) is 3.55. The molecule has 2 nitrogen and oxygen atoms in total. The predicted molar refractivity (Wildman–Crippen MR) is 82.3 cm³/mol. The van der Waals surface area contributed by atoms with Gasteiger partial charge in [-0.1, -0.05) is 49.4 Å². The van der Waals surface area contributed by atoms with E-state index in [4.69, 9.17) is 0 Å². The number of nitrogens with zero attached hydrogens (tertiary/aromatic N) is 2. The maximum absolute atomic E-state index is 4.54. The molecule has 0 radical (unpaired) electrons. The van der Waals surface area contributed by atoms with Crippen LogP contribution in [0.1, 0.15) is 12.6 Å². The summed E-state index contributed by atoms with van der Waals surface area (Å²) < 4.78 is 0. The van der Waals surface area contributed by atoms with Crippen molar-refractivity contribution in [3.8, 4) is 22.4 Å². The van der Waals surface area contributed by atoms with Crippen LogP contribution in [-0.4, -0.2) is 9.97 Å². The van der Waals surface area contributed by atoms with E-state index in [1.807, 2.05) is 36.7 Å². The molecule has 3 aromatic rings. The number of hydrogen-bond donors (Lipinski definition) is 0. The molecule has 0 fully saturated rings. The zero-order valence-electron chi connectivity index (χ0n) is 11.5. The molecule has 20 heavy (non-hydrogen) atoms. The van der Waals surface area contributed by atoms with E-state index in [1.165, 1.54) is 0 Å². The minimum Gasteiger partial charge on any atom is -0.261 e. The number of benzene rings is 1. The first-order valence-corrected chi connectivity index (χ1v) is 6.84. The second-order valence-electron chi connectivity index (χ2n) is 4.66. The lowest BCUT2D eigenvalue weighted by molar-refractivity contribution is 1.04. The van der Waals surface area contributed by atoms with E-state index in [0.29, 0.717) is 0 Å². The van der Waals surface area contributed by atoms with Gasteiger partial charge in [0.1, 0.15) is 0 Å². The number of pyridine rings is 2. The van der Waals surface area contributed by atoms with Gasteiger partial charge in [0.25, 0.3) is 0 Å². The SMILES string of the molecule is CCc1ccc(-c2cccnc2-c2ccccc2)cn1. The van der Waals surface area contributed by atoms with Crippen molar-refractivity contribution in [2.24, 2.45) is 0 Å². The first-order chi connectivity index (χ1) is 9.88. The highest BCUT2D eigenvalue weighted by Crippen LogP contribution is 2.29. The molecule has 0 saturated carbocycles. The fraction of sp³-hybridized carbons (Fsp3) is 0.111. The van der Waals surface area contributed by atoms with Crippen molar-refractivity contribution in [1.82, 2.24) is 9.97 Å². The van der Waals surface area contributed by atoms with Crippen molar-refractivity contribution < 1.29 is 0 Å². The summed E-state index contributed by atoms with van der Waals surface area (Å²) in [7, 11) is 0. The van der Waals surface area contributed by atoms with E-state index in [9.17, 15) is 0 Å². The minimum absolute atomic E-state index is 0.957. The molecule has 0 bridgehead atoms. The highest BCUT2D eigenvalue weighted by molar-refractivity contribution is 5.80. The molecule has 1 aromatic carbocycles. The van der Waals surface area contributed by atoms with Crippen LogP contribution in [0.15, 0.2) is 67.0 Å². The van der Waals surface area contributed by atoms with Gasteiger partial charge in [0.15, 0.2) is 0 Å². The second-order valence-corrected chi connectivity index (χ2v) is 4.66. The highest BCUT2D eigenvalue weighted by Gasteiger charge is 2.08.